The van der Waals surface area contributed by atoms with E-state index in [0.717, 1.165) is 44.9 Å². The quantitative estimate of drug-likeness (QED) is 0.0326. The van der Waals surface area contributed by atoms with Gasteiger partial charge in [-0.05, 0) is 44.9 Å². The van der Waals surface area contributed by atoms with Crippen molar-refractivity contribution < 1.29 is 24.5 Å². The van der Waals surface area contributed by atoms with Gasteiger partial charge in [0, 0.05) is 12.8 Å². The van der Waals surface area contributed by atoms with E-state index in [2.05, 4.69) is 31.3 Å². The lowest BCUT2D eigenvalue weighted by Crippen LogP contribution is -2.45. The Labute approximate surface area is 336 Å². The monoisotopic (exact) mass is 764 g/mol. The number of carbonyl (C=O) groups is 2. The normalized spacial score (nSPS) is 12.7. The molecule has 3 N–H and O–H groups in total. The third-order valence-corrected chi connectivity index (χ3v) is 11.1. The van der Waals surface area contributed by atoms with Gasteiger partial charge in [0.25, 0.3) is 0 Å². The number of aliphatic hydroxyl groups excluding tert-OH is 2. The number of unbranched alkanes of at least 4 members (excludes halogenated alkanes) is 31. The summed E-state index contributed by atoms with van der Waals surface area (Å²) in [6, 6.07) is -0.542. The molecule has 6 nitrogen and oxygen atoms in total. The van der Waals surface area contributed by atoms with Gasteiger partial charge in [-0.25, -0.2) is 0 Å². The number of carbonyl (C=O) groups excluding carboxylic acids is 2. The van der Waals surface area contributed by atoms with E-state index in [0.29, 0.717) is 25.9 Å². The predicted molar refractivity (Wildman–Crippen MR) is 232 cm³/mol. The molecule has 0 fully saturated rings. The van der Waals surface area contributed by atoms with Crippen LogP contribution in [0.25, 0.3) is 0 Å². The first-order chi connectivity index (χ1) is 26.5. The number of nitrogens with one attached hydrogen (secondary N) is 1. The molecule has 0 saturated heterocycles. The molecule has 2 atom stereocenters. The molecule has 0 bridgehead atoms. The summed E-state index contributed by atoms with van der Waals surface area (Å²) in [5.41, 5.74) is 0. The number of ether oxygens (including phenoxy) is 1. The summed E-state index contributed by atoms with van der Waals surface area (Å²) in [7, 11) is 0. The van der Waals surface area contributed by atoms with E-state index in [9.17, 15) is 19.8 Å². The smallest absolute Gasteiger partial charge is 0.305 e. The summed E-state index contributed by atoms with van der Waals surface area (Å²) in [6.45, 7) is 4.88. The Bertz CT molecular complexity index is 802. The Morgan fingerprint density at radius 2 is 0.889 bits per heavy atom. The third kappa shape index (κ3) is 40.3. The molecule has 0 aromatic carbocycles. The van der Waals surface area contributed by atoms with E-state index in [1.54, 1.807) is 0 Å². The van der Waals surface area contributed by atoms with Crippen LogP contribution in [0.3, 0.4) is 0 Å². The summed E-state index contributed by atoms with van der Waals surface area (Å²) in [4.78, 5) is 24.3. The number of allylic oxidation sites excluding steroid dienone is 2. The second kappa shape index (κ2) is 44.3. The summed E-state index contributed by atoms with van der Waals surface area (Å²) in [6.07, 6.45) is 48.9. The molecule has 0 rings (SSSR count). The van der Waals surface area contributed by atoms with E-state index in [1.165, 1.54) is 180 Å². The number of hydrogen-bond donors (Lipinski definition) is 3. The van der Waals surface area contributed by atoms with Crippen molar-refractivity contribution in [1.82, 2.24) is 5.32 Å². The highest BCUT2D eigenvalue weighted by atomic mass is 16.5. The number of rotatable bonds is 44. The van der Waals surface area contributed by atoms with Crippen molar-refractivity contribution in [2.75, 3.05) is 13.2 Å². The topological polar surface area (TPSA) is 95.9 Å². The average Bonchev–Trinajstić information content (AvgIpc) is 3.17. The van der Waals surface area contributed by atoms with Gasteiger partial charge >= 0.3 is 5.97 Å². The maximum atomic E-state index is 12.4. The molecule has 0 aliphatic rings. The van der Waals surface area contributed by atoms with Gasteiger partial charge in [-0.2, -0.15) is 0 Å². The molecule has 0 spiro atoms. The lowest BCUT2D eigenvalue weighted by atomic mass is 10.0. The molecule has 320 valence electrons. The Balaban J connectivity index is 3.40. The predicted octanol–water partition coefficient (Wildman–Crippen LogP) is 13.8. The number of amides is 1. The number of esters is 1. The van der Waals surface area contributed by atoms with Crippen molar-refractivity contribution in [3.63, 3.8) is 0 Å². The van der Waals surface area contributed by atoms with Crippen molar-refractivity contribution >= 4 is 11.9 Å². The standard InChI is InChI=1S/C48H93NO5/c1-3-5-7-9-11-13-21-26-30-34-38-42-48(53)54-43-39-35-31-27-23-20-18-16-14-15-17-19-22-25-29-33-37-41-47(52)49-45(44-50)46(51)40-36-32-28-24-12-10-8-6-4-2/h9,11,45-46,50-51H,3-8,10,12-44H2,1-2H3,(H,49,52)/b11-9-. The molecule has 0 saturated carbocycles. The minimum atomic E-state index is -0.664. The second-order valence-corrected chi connectivity index (χ2v) is 16.4. The van der Waals surface area contributed by atoms with Gasteiger partial charge in [-0.1, -0.05) is 212 Å². The second-order valence-electron chi connectivity index (χ2n) is 16.4. The van der Waals surface area contributed by atoms with Gasteiger partial charge in [0.2, 0.25) is 5.91 Å². The van der Waals surface area contributed by atoms with Gasteiger partial charge in [0.1, 0.15) is 0 Å². The number of hydrogen-bond acceptors (Lipinski definition) is 5. The summed E-state index contributed by atoms with van der Waals surface area (Å²) in [5.74, 6) is -0.0493. The minimum absolute atomic E-state index is 0.00617. The van der Waals surface area contributed by atoms with E-state index in [4.69, 9.17) is 4.74 Å². The lowest BCUT2D eigenvalue weighted by Gasteiger charge is -2.22. The van der Waals surface area contributed by atoms with Crippen LogP contribution in [0.4, 0.5) is 0 Å². The Morgan fingerprint density at radius 3 is 1.37 bits per heavy atom. The fourth-order valence-electron chi connectivity index (χ4n) is 7.32. The zero-order valence-corrected chi connectivity index (χ0v) is 36.2. The lowest BCUT2D eigenvalue weighted by molar-refractivity contribution is -0.143. The molecule has 0 radical (unpaired) electrons. The van der Waals surface area contributed by atoms with Crippen LogP contribution in [0.1, 0.15) is 258 Å². The Hall–Kier alpha value is -1.40. The zero-order chi connectivity index (χ0) is 39.4. The van der Waals surface area contributed by atoms with Gasteiger partial charge in [-0.15, -0.1) is 0 Å². The van der Waals surface area contributed by atoms with Crippen LogP contribution in [0.15, 0.2) is 12.2 Å². The van der Waals surface area contributed by atoms with Crippen LogP contribution in [0.2, 0.25) is 0 Å². The largest absolute Gasteiger partial charge is 0.466 e. The van der Waals surface area contributed by atoms with Crippen LogP contribution in [-0.2, 0) is 14.3 Å². The highest BCUT2D eigenvalue weighted by Gasteiger charge is 2.20. The first-order valence-corrected chi connectivity index (χ1v) is 23.9. The highest BCUT2D eigenvalue weighted by Crippen LogP contribution is 2.16. The summed E-state index contributed by atoms with van der Waals surface area (Å²) in [5, 5.41) is 23.0. The first kappa shape index (κ1) is 52.6. The molecule has 2 unspecified atom stereocenters. The van der Waals surface area contributed by atoms with Crippen LogP contribution >= 0.6 is 0 Å². The average molecular weight is 764 g/mol. The van der Waals surface area contributed by atoms with Crippen LogP contribution in [0, 0.1) is 0 Å². The van der Waals surface area contributed by atoms with E-state index < -0.39 is 12.1 Å². The molecule has 54 heavy (non-hydrogen) atoms. The van der Waals surface area contributed by atoms with Gasteiger partial charge in [0.15, 0.2) is 0 Å². The fourth-order valence-corrected chi connectivity index (χ4v) is 7.32. The summed E-state index contributed by atoms with van der Waals surface area (Å²) >= 11 is 0. The maximum absolute atomic E-state index is 12.4. The van der Waals surface area contributed by atoms with Crippen LogP contribution in [0.5, 0.6) is 0 Å². The van der Waals surface area contributed by atoms with Crippen molar-refractivity contribution in [2.45, 2.75) is 270 Å². The van der Waals surface area contributed by atoms with Crippen molar-refractivity contribution in [3.8, 4) is 0 Å². The van der Waals surface area contributed by atoms with Gasteiger partial charge in [-0.3, -0.25) is 9.59 Å². The molecule has 0 aromatic heterocycles. The van der Waals surface area contributed by atoms with Crippen molar-refractivity contribution in [2.24, 2.45) is 0 Å². The molecule has 0 heterocycles. The minimum Gasteiger partial charge on any atom is -0.466 e. The Kier molecular flexibility index (Phi) is 43.2. The fraction of sp³-hybridized carbons (Fsp3) is 0.917. The van der Waals surface area contributed by atoms with Gasteiger partial charge < -0.3 is 20.3 Å². The maximum Gasteiger partial charge on any atom is 0.305 e. The molecule has 6 heteroatoms. The molecule has 0 aliphatic carbocycles. The van der Waals surface area contributed by atoms with Crippen molar-refractivity contribution in [3.05, 3.63) is 12.2 Å². The number of aliphatic hydroxyl groups is 2. The highest BCUT2D eigenvalue weighted by molar-refractivity contribution is 5.76. The Morgan fingerprint density at radius 1 is 0.500 bits per heavy atom. The molecular weight excluding hydrogens is 671 g/mol. The van der Waals surface area contributed by atoms with Crippen LogP contribution < -0.4 is 5.32 Å². The van der Waals surface area contributed by atoms with Gasteiger partial charge in [0.05, 0.1) is 25.4 Å². The molecule has 0 aromatic rings. The van der Waals surface area contributed by atoms with Crippen LogP contribution in [-0.4, -0.2) is 47.4 Å². The van der Waals surface area contributed by atoms with Crippen molar-refractivity contribution in [1.29, 1.82) is 0 Å². The third-order valence-electron chi connectivity index (χ3n) is 11.1. The molecule has 1 amide bonds. The molecule has 0 aliphatic heterocycles. The van der Waals surface area contributed by atoms with E-state index in [-0.39, 0.29) is 18.5 Å². The van der Waals surface area contributed by atoms with E-state index >= 15 is 0 Å². The molecular formula is C48H93NO5. The zero-order valence-electron chi connectivity index (χ0n) is 36.2. The SMILES string of the molecule is CCCC/C=C\CCCCCCCC(=O)OCCCCCCCCCCCCCCCCCCCC(=O)NC(CO)C(O)CCCCCCCCCCC. The summed E-state index contributed by atoms with van der Waals surface area (Å²) < 4.78 is 5.44. The van der Waals surface area contributed by atoms with E-state index in [1.807, 2.05) is 0 Å². The first-order valence-electron chi connectivity index (χ1n) is 23.9.